The van der Waals surface area contributed by atoms with Gasteiger partial charge in [0.05, 0.1) is 43.3 Å². The van der Waals surface area contributed by atoms with Crippen LogP contribution in [-0.4, -0.2) is 115 Å². The van der Waals surface area contributed by atoms with Crippen molar-refractivity contribution in [3.8, 4) is 11.3 Å². The zero-order valence-corrected chi connectivity index (χ0v) is 29.6. The van der Waals surface area contributed by atoms with Gasteiger partial charge in [-0.05, 0) is 72.8 Å². The molecular formula is C35H38BrN9O5. The van der Waals surface area contributed by atoms with Gasteiger partial charge < -0.3 is 19.7 Å². The van der Waals surface area contributed by atoms with Crippen molar-refractivity contribution < 1.29 is 23.9 Å². The van der Waals surface area contributed by atoms with Gasteiger partial charge in [-0.1, -0.05) is 6.07 Å². The number of morpholine rings is 1. The molecule has 2 amide bonds. The third-order valence-corrected chi connectivity index (χ3v) is 10.8. The lowest BCUT2D eigenvalue weighted by atomic mass is 10.00. The monoisotopic (exact) mass is 743 g/mol. The number of hydrogen-bond donors (Lipinski definition) is 1. The summed E-state index contributed by atoms with van der Waals surface area (Å²) in [5.41, 5.74) is 2.68. The van der Waals surface area contributed by atoms with Crippen molar-refractivity contribution >= 4 is 50.2 Å². The summed E-state index contributed by atoms with van der Waals surface area (Å²) in [4.78, 5) is 63.0. The Hall–Kier alpha value is -4.18. The SMILES string of the molecule is CC(=O)c1nn(CC(=O)N2[C@H]3C[C@@]4(COCC5CN(CCCc6ccc(Br)nc6NC3=O)CCO5)C[C@@H]24)c2cnc(-c3cnc(C)nc3)cc12. The number of piperidine rings is 1. The number of likely N-dealkylation sites (tertiary alicyclic amines) is 1. The highest BCUT2D eigenvalue weighted by atomic mass is 79.9. The smallest absolute Gasteiger partial charge is 0.248 e. The molecule has 8 rings (SSSR count). The molecule has 2 unspecified atom stereocenters. The van der Waals surface area contributed by atoms with Gasteiger partial charge in [0, 0.05) is 54.8 Å². The first kappa shape index (κ1) is 33.0. The summed E-state index contributed by atoms with van der Waals surface area (Å²) in [7, 11) is 0. The van der Waals surface area contributed by atoms with Crippen molar-refractivity contribution in [1.82, 2.24) is 39.5 Å². The van der Waals surface area contributed by atoms with Gasteiger partial charge in [-0.25, -0.2) is 15.0 Å². The minimum Gasteiger partial charge on any atom is -0.378 e. The fourth-order valence-corrected chi connectivity index (χ4v) is 8.02. The van der Waals surface area contributed by atoms with Gasteiger partial charge in [-0.15, -0.1) is 0 Å². The summed E-state index contributed by atoms with van der Waals surface area (Å²) < 4.78 is 14.4. The molecule has 1 N–H and O–H groups in total. The lowest BCUT2D eigenvalue weighted by Gasteiger charge is -2.33. The Morgan fingerprint density at radius 3 is 2.78 bits per heavy atom. The highest BCUT2D eigenvalue weighted by Crippen LogP contribution is 2.60. The minimum atomic E-state index is -0.729. The number of ketones is 1. The van der Waals surface area contributed by atoms with Crippen LogP contribution in [0.15, 0.2) is 41.4 Å². The number of Topliss-reactive ketones (excluding diaryl/α,β-unsaturated/α-hetero) is 1. The number of carbonyl (C=O) groups is 3. The number of ether oxygens (including phenoxy) is 2. The van der Waals surface area contributed by atoms with Crippen LogP contribution in [-0.2, 0) is 32.0 Å². The molecule has 1 spiro atoms. The summed E-state index contributed by atoms with van der Waals surface area (Å²) in [6, 6.07) is 4.76. The second-order valence-electron chi connectivity index (χ2n) is 13.8. The predicted molar refractivity (Wildman–Crippen MR) is 185 cm³/mol. The molecule has 4 aliphatic rings. The molecule has 4 aromatic heterocycles. The summed E-state index contributed by atoms with van der Waals surface area (Å²) in [6.45, 7) is 7.24. The van der Waals surface area contributed by atoms with Crippen LogP contribution >= 0.6 is 15.9 Å². The topological polar surface area (TPSA) is 158 Å². The van der Waals surface area contributed by atoms with E-state index in [1.807, 2.05) is 12.1 Å². The fourth-order valence-electron chi connectivity index (χ4n) is 7.71. The van der Waals surface area contributed by atoms with Crippen LogP contribution in [0, 0.1) is 12.3 Å². The Labute approximate surface area is 297 Å². The molecule has 50 heavy (non-hydrogen) atoms. The number of nitrogens with zero attached hydrogens (tertiary/aromatic N) is 8. The average Bonchev–Trinajstić information content (AvgIpc) is 3.51. The number of aryl methyl sites for hydroxylation is 2. The third kappa shape index (κ3) is 6.31. The molecular weight excluding hydrogens is 706 g/mol. The molecule has 4 bridgehead atoms. The van der Waals surface area contributed by atoms with Gasteiger partial charge in [-0.3, -0.25) is 28.9 Å². The van der Waals surface area contributed by atoms with Gasteiger partial charge in [0.25, 0.3) is 0 Å². The Morgan fingerprint density at radius 2 is 1.96 bits per heavy atom. The first-order valence-electron chi connectivity index (χ1n) is 17.0. The number of anilines is 1. The van der Waals surface area contributed by atoms with Gasteiger partial charge in [-0.2, -0.15) is 5.10 Å². The summed E-state index contributed by atoms with van der Waals surface area (Å²) in [6.07, 6.45) is 7.80. The molecule has 1 aliphatic carbocycles. The molecule has 0 radical (unpaired) electrons. The zero-order valence-electron chi connectivity index (χ0n) is 28.0. The van der Waals surface area contributed by atoms with Gasteiger partial charge in [0.2, 0.25) is 11.8 Å². The summed E-state index contributed by atoms with van der Waals surface area (Å²) in [5.74, 6) is 0.352. The van der Waals surface area contributed by atoms with E-state index in [4.69, 9.17) is 9.47 Å². The molecule has 3 aliphatic heterocycles. The van der Waals surface area contributed by atoms with Crippen LogP contribution in [0.3, 0.4) is 0 Å². The molecule has 2 saturated heterocycles. The van der Waals surface area contributed by atoms with Crippen molar-refractivity contribution in [2.75, 3.05) is 44.8 Å². The number of halogens is 1. The fraction of sp³-hybridized carbons (Fsp3) is 0.486. The van der Waals surface area contributed by atoms with E-state index in [2.05, 4.69) is 51.2 Å². The maximum absolute atomic E-state index is 14.3. The van der Waals surface area contributed by atoms with Crippen molar-refractivity contribution in [1.29, 1.82) is 0 Å². The van der Waals surface area contributed by atoms with E-state index >= 15 is 0 Å². The van der Waals surface area contributed by atoms with E-state index in [0.29, 0.717) is 64.6 Å². The van der Waals surface area contributed by atoms with Crippen LogP contribution in [0.5, 0.6) is 0 Å². The molecule has 4 aromatic rings. The number of carbonyl (C=O) groups excluding carboxylic acids is 3. The Kier molecular flexibility index (Phi) is 8.69. The Morgan fingerprint density at radius 1 is 1.12 bits per heavy atom. The van der Waals surface area contributed by atoms with E-state index in [1.165, 1.54) is 11.6 Å². The quantitative estimate of drug-likeness (QED) is 0.242. The molecule has 15 heteroatoms. The van der Waals surface area contributed by atoms with Crippen LogP contribution in [0.2, 0.25) is 0 Å². The minimum absolute atomic E-state index is 0.0235. The van der Waals surface area contributed by atoms with E-state index in [-0.39, 0.29) is 47.4 Å². The zero-order chi connectivity index (χ0) is 34.6. The lowest BCUT2D eigenvalue weighted by molar-refractivity contribution is -0.138. The number of pyridine rings is 2. The molecule has 5 atom stereocenters. The second-order valence-corrected chi connectivity index (χ2v) is 14.6. The van der Waals surface area contributed by atoms with Crippen LogP contribution in [0.1, 0.15) is 48.1 Å². The van der Waals surface area contributed by atoms with E-state index in [1.54, 1.807) is 36.5 Å². The highest BCUT2D eigenvalue weighted by molar-refractivity contribution is 9.10. The third-order valence-electron chi connectivity index (χ3n) is 10.4. The second kappa shape index (κ2) is 13.2. The summed E-state index contributed by atoms with van der Waals surface area (Å²) >= 11 is 3.46. The van der Waals surface area contributed by atoms with Crippen molar-refractivity contribution in [3.05, 3.63) is 58.5 Å². The standard InChI is InChI=1S/C35H38BrN9O5/c1-20(46)32-25-10-26(23-13-37-21(2)38-14-23)39-15-28(25)44(42-32)17-31(47)45-27-11-35(12-29(35)45)19-49-18-24-16-43(8-9-50-24)7-3-4-22-5-6-30(36)40-33(22)41-34(27)48/h5-6,10,13-15,24,27,29H,3-4,7-9,11-12,16-19H2,1-2H3,(H,40,41,48)/t24?,27-,29+,35-/m0/s1. The molecule has 7 heterocycles. The maximum atomic E-state index is 14.3. The largest absolute Gasteiger partial charge is 0.378 e. The number of aromatic nitrogens is 6. The molecule has 0 aromatic carbocycles. The van der Waals surface area contributed by atoms with Crippen LogP contribution in [0.25, 0.3) is 22.2 Å². The maximum Gasteiger partial charge on any atom is 0.248 e. The Bertz CT molecular complexity index is 1990. The highest BCUT2D eigenvalue weighted by Gasteiger charge is 2.67. The molecule has 14 nitrogen and oxygen atoms in total. The van der Waals surface area contributed by atoms with Crippen LogP contribution in [0.4, 0.5) is 5.82 Å². The molecule has 1 saturated carbocycles. The predicted octanol–water partition coefficient (Wildman–Crippen LogP) is 3.22. The number of hydrogen-bond acceptors (Lipinski definition) is 11. The first-order chi connectivity index (χ1) is 24.2. The Balaban J connectivity index is 1.09. The van der Waals surface area contributed by atoms with Gasteiger partial charge >= 0.3 is 0 Å². The first-order valence-corrected chi connectivity index (χ1v) is 17.8. The summed E-state index contributed by atoms with van der Waals surface area (Å²) in [5, 5.41) is 8.24. The molecule has 3 fully saturated rings. The van der Waals surface area contributed by atoms with Crippen molar-refractivity contribution in [2.24, 2.45) is 5.41 Å². The number of rotatable bonds is 4. The number of fused-ring (bicyclic) bond motifs is 5. The van der Waals surface area contributed by atoms with E-state index in [9.17, 15) is 14.4 Å². The van der Waals surface area contributed by atoms with Crippen molar-refractivity contribution in [2.45, 2.75) is 64.3 Å². The lowest BCUT2D eigenvalue weighted by Crippen LogP contribution is -2.47. The molecule has 260 valence electrons. The number of amides is 2. The van der Waals surface area contributed by atoms with Gasteiger partial charge in [0.1, 0.15) is 34.5 Å². The van der Waals surface area contributed by atoms with Crippen LogP contribution < -0.4 is 5.32 Å². The normalized spacial score (nSPS) is 26.6. The van der Waals surface area contributed by atoms with E-state index < -0.39 is 6.04 Å². The average molecular weight is 745 g/mol. The number of nitrogens with one attached hydrogen (secondary N) is 1. The van der Waals surface area contributed by atoms with E-state index in [0.717, 1.165) is 44.5 Å². The van der Waals surface area contributed by atoms with Gasteiger partial charge in [0.15, 0.2) is 5.78 Å². The van der Waals surface area contributed by atoms with Crippen molar-refractivity contribution in [3.63, 3.8) is 0 Å².